The minimum Gasteiger partial charge on any atom is -0.322 e. The van der Waals surface area contributed by atoms with Crippen LogP contribution in [0.5, 0.6) is 0 Å². The fourth-order valence-corrected chi connectivity index (χ4v) is 3.47. The molecule has 1 aliphatic rings. The number of hydrogen-bond acceptors (Lipinski definition) is 6. The second-order valence-electron chi connectivity index (χ2n) is 7.90. The summed E-state index contributed by atoms with van der Waals surface area (Å²) >= 11 is 0. The Morgan fingerprint density at radius 3 is 2.28 bits per heavy atom. The van der Waals surface area contributed by atoms with Gasteiger partial charge >= 0.3 is 6.03 Å². The van der Waals surface area contributed by atoms with Crippen molar-refractivity contribution in [2.75, 3.05) is 10.2 Å². The molecule has 0 spiro atoms. The zero-order valence-electron chi connectivity index (χ0n) is 19.1. The number of carbonyl (C=O) groups is 5. The van der Waals surface area contributed by atoms with Crippen LogP contribution in [0.15, 0.2) is 84.0 Å². The van der Waals surface area contributed by atoms with Gasteiger partial charge in [0.15, 0.2) is 5.92 Å². The summed E-state index contributed by atoms with van der Waals surface area (Å²) in [6.45, 7) is 1.80. The molecule has 0 bridgehead atoms. The number of urea groups is 1. The van der Waals surface area contributed by atoms with Crippen molar-refractivity contribution in [2.45, 2.75) is 6.92 Å². The maximum Gasteiger partial charge on any atom is 0.335 e. The zero-order chi connectivity index (χ0) is 25.7. The number of hydrazone groups is 1. The summed E-state index contributed by atoms with van der Waals surface area (Å²) in [7, 11) is 0. The van der Waals surface area contributed by atoms with E-state index in [0.29, 0.717) is 16.9 Å². The lowest BCUT2D eigenvalue weighted by Crippen LogP contribution is -2.58. The topological polar surface area (TPSA) is 137 Å². The molecule has 0 unspecified atom stereocenters. The molecule has 0 radical (unpaired) electrons. The van der Waals surface area contributed by atoms with Crippen molar-refractivity contribution in [1.29, 1.82) is 0 Å². The summed E-state index contributed by atoms with van der Waals surface area (Å²) < 4.78 is 0. The molecule has 3 aromatic carbocycles. The van der Waals surface area contributed by atoms with E-state index in [9.17, 15) is 24.0 Å². The predicted octanol–water partition coefficient (Wildman–Crippen LogP) is 2.86. The van der Waals surface area contributed by atoms with Gasteiger partial charge in [0.05, 0.1) is 5.69 Å². The molecular weight excluding hydrogens is 462 g/mol. The van der Waals surface area contributed by atoms with Crippen LogP contribution in [-0.2, 0) is 9.59 Å². The van der Waals surface area contributed by atoms with E-state index >= 15 is 0 Å². The Balaban J connectivity index is 1.38. The highest BCUT2D eigenvalue weighted by atomic mass is 16.2. The number of nitrogens with zero attached hydrogens (tertiary/aromatic N) is 2. The summed E-state index contributed by atoms with van der Waals surface area (Å²) in [4.78, 5) is 62.8. The zero-order valence-corrected chi connectivity index (χ0v) is 19.1. The second-order valence-corrected chi connectivity index (χ2v) is 7.90. The van der Waals surface area contributed by atoms with Gasteiger partial charge < -0.3 is 5.32 Å². The van der Waals surface area contributed by atoms with Crippen molar-refractivity contribution in [2.24, 2.45) is 11.0 Å². The van der Waals surface area contributed by atoms with E-state index in [-0.39, 0.29) is 11.5 Å². The highest BCUT2D eigenvalue weighted by Crippen LogP contribution is 2.21. The van der Waals surface area contributed by atoms with Crippen LogP contribution in [0, 0.1) is 12.8 Å². The number of rotatable bonds is 6. The number of nitrogens with one attached hydrogen (secondary N) is 3. The standard InChI is InChI=1S/C26H21N5O5/c1-16-6-5-9-20(14-16)31-25(35)21(24(34)29-26(31)36)15-27-30-23(33)18-10-12-19(13-11-18)28-22(32)17-7-3-2-4-8-17/h2-15,21H,1H3,(H,28,32)(H,30,33)(H,29,34,36)/b27-15-/t21-/m0/s1. The van der Waals surface area contributed by atoms with E-state index in [1.54, 1.807) is 67.6 Å². The van der Waals surface area contributed by atoms with Gasteiger partial charge in [0.1, 0.15) is 0 Å². The quantitative estimate of drug-likeness (QED) is 0.281. The van der Waals surface area contributed by atoms with Crippen LogP contribution in [0.1, 0.15) is 26.3 Å². The average molecular weight is 483 g/mol. The molecule has 1 aliphatic heterocycles. The largest absolute Gasteiger partial charge is 0.335 e. The first-order chi connectivity index (χ1) is 17.3. The van der Waals surface area contributed by atoms with Gasteiger partial charge in [-0.05, 0) is 61.0 Å². The molecule has 1 saturated heterocycles. The maximum absolute atomic E-state index is 12.8. The lowest BCUT2D eigenvalue weighted by atomic mass is 10.1. The Morgan fingerprint density at radius 1 is 0.889 bits per heavy atom. The van der Waals surface area contributed by atoms with Crippen molar-refractivity contribution < 1.29 is 24.0 Å². The molecule has 3 N–H and O–H groups in total. The first-order valence-corrected chi connectivity index (χ1v) is 10.9. The minimum atomic E-state index is -1.40. The van der Waals surface area contributed by atoms with Crippen LogP contribution in [0.25, 0.3) is 0 Å². The van der Waals surface area contributed by atoms with Gasteiger partial charge in [-0.25, -0.2) is 15.1 Å². The van der Waals surface area contributed by atoms with E-state index in [1.165, 1.54) is 12.1 Å². The first-order valence-electron chi connectivity index (χ1n) is 10.9. The molecule has 36 heavy (non-hydrogen) atoms. The monoisotopic (exact) mass is 483 g/mol. The molecule has 0 saturated carbocycles. The summed E-state index contributed by atoms with van der Waals surface area (Å²) in [6.07, 6.45) is 0.971. The van der Waals surface area contributed by atoms with Crippen LogP contribution in [-0.4, -0.2) is 35.9 Å². The Labute approximate surface area is 206 Å². The van der Waals surface area contributed by atoms with Crippen LogP contribution >= 0.6 is 0 Å². The lowest BCUT2D eigenvalue weighted by Gasteiger charge is -2.28. The fraction of sp³-hybridized carbons (Fsp3) is 0.0769. The molecule has 4 rings (SSSR count). The highest BCUT2D eigenvalue weighted by Gasteiger charge is 2.40. The van der Waals surface area contributed by atoms with Crippen molar-refractivity contribution in [3.63, 3.8) is 0 Å². The van der Waals surface area contributed by atoms with Gasteiger partial charge in [0.25, 0.3) is 17.7 Å². The van der Waals surface area contributed by atoms with E-state index in [2.05, 4.69) is 21.2 Å². The van der Waals surface area contributed by atoms with Crippen molar-refractivity contribution in [3.05, 3.63) is 95.6 Å². The van der Waals surface area contributed by atoms with E-state index in [4.69, 9.17) is 0 Å². The molecule has 6 amide bonds. The molecule has 0 aromatic heterocycles. The molecule has 1 heterocycles. The maximum atomic E-state index is 12.8. The van der Waals surface area contributed by atoms with Crippen LogP contribution < -0.4 is 21.0 Å². The van der Waals surface area contributed by atoms with Crippen LogP contribution in [0.4, 0.5) is 16.2 Å². The van der Waals surface area contributed by atoms with Gasteiger partial charge in [-0.15, -0.1) is 0 Å². The van der Waals surface area contributed by atoms with Gasteiger partial charge in [0.2, 0.25) is 5.91 Å². The summed E-state index contributed by atoms with van der Waals surface area (Å²) in [5, 5.41) is 8.59. The Morgan fingerprint density at radius 2 is 1.58 bits per heavy atom. The lowest BCUT2D eigenvalue weighted by molar-refractivity contribution is -0.131. The third kappa shape index (κ3) is 5.33. The molecule has 10 nitrogen and oxygen atoms in total. The Hall–Kier alpha value is -5.12. The van der Waals surface area contributed by atoms with Crippen molar-refractivity contribution in [3.8, 4) is 0 Å². The normalized spacial score (nSPS) is 15.5. The number of hydrogen-bond donors (Lipinski definition) is 3. The first kappa shape index (κ1) is 24.0. The molecule has 1 fully saturated rings. The Bertz CT molecular complexity index is 1370. The summed E-state index contributed by atoms with van der Waals surface area (Å²) in [5.41, 5.74) is 4.62. The van der Waals surface area contributed by atoms with Crippen LogP contribution in [0.2, 0.25) is 0 Å². The smallest absolute Gasteiger partial charge is 0.322 e. The SMILES string of the molecule is Cc1cccc(N2C(=O)NC(=O)[C@H](/C=N\NC(=O)c3ccc(NC(=O)c4ccccc4)cc3)C2=O)c1. The van der Waals surface area contributed by atoms with Crippen molar-refractivity contribution in [1.82, 2.24) is 10.7 Å². The number of carbonyl (C=O) groups excluding carboxylic acids is 5. The van der Waals surface area contributed by atoms with Gasteiger partial charge in [-0.2, -0.15) is 5.10 Å². The van der Waals surface area contributed by atoms with Crippen LogP contribution in [0.3, 0.4) is 0 Å². The van der Waals surface area contributed by atoms with Crippen molar-refractivity contribution >= 4 is 47.2 Å². The molecule has 0 aliphatic carbocycles. The second kappa shape index (κ2) is 10.4. The average Bonchev–Trinajstić information content (AvgIpc) is 2.86. The predicted molar refractivity (Wildman–Crippen MR) is 132 cm³/mol. The highest BCUT2D eigenvalue weighted by molar-refractivity contribution is 6.32. The summed E-state index contributed by atoms with van der Waals surface area (Å²) in [5.74, 6) is -3.91. The number of anilines is 2. The number of amides is 6. The van der Waals surface area contributed by atoms with Gasteiger partial charge in [-0.3, -0.25) is 24.5 Å². The number of benzene rings is 3. The van der Waals surface area contributed by atoms with E-state index < -0.39 is 29.7 Å². The number of imide groups is 2. The van der Waals surface area contributed by atoms with E-state index in [0.717, 1.165) is 16.7 Å². The third-order valence-corrected chi connectivity index (χ3v) is 5.29. The Kier molecular flexibility index (Phi) is 6.96. The summed E-state index contributed by atoms with van der Waals surface area (Å²) in [6, 6.07) is 20.6. The minimum absolute atomic E-state index is 0.237. The van der Waals surface area contributed by atoms with Gasteiger partial charge in [0, 0.05) is 23.0 Å². The molecular formula is C26H21N5O5. The van der Waals surface area contributed by atoms with Gasteiger partial charge in [-0.1, -0.05) is 30.3 Å². The molecule has 180 valence electrons. The van der Waals surface area contributed by atoms with E-state index in [1.807, 2.05) is 6.07 Å². The number of aryl methyl sites for hydroxylation is 1. The number of barbiturate groups is 1. The molecule has 10 heteroatoms. The molecule has 3 aromatic rings. The molecule has 1 atom stereocenters. The third-order valence-electron chi connectivity index (χ3n) is 5.29. The fourth-order valence-electron chi connectivity index (χ4n) is 3.47.